The van der Waals surface area contributed by atoms with Crippen molar-refractivity contribution in [2.45, 2.75) is 32.5 Å². The van der Waals surface area contributed by atoms with Gasteiger partial charge in [-0.2, -0.15) is 4.68 Å². The highest BCUT2D eigenvalue weighted by Crippen LogP contribution is 2.24. The number of rotatable bonds is 3. The molecule has 2 atom stereocenters. The number of para-hydroxylation sites is 1. The van der Waals surface area contributed by atoms with E-state index in [-0.39, 0.29) is 0 Å². The van der Waals surface area contributed by atoms with E-state index in [0.29, 0.717) is 6.04 Å². The molecule has 4 aromatic rings. The van der Waals surface area contributed by atoms with Gasteiger partial charge in [0.05, 0.1) is 16.9 Å². The predicted molar refractivity (Wildman–Crippen MR) is 108 cm³/mol. The van der Waals surface area contributed by atoms with Crippen molar-refractivity contribution in [2.75, 3.05) is 6.54 Å². The monoisotopic (exact) mass is 381 g/mol. The quantitative estimate of drug-likeness (QED) is 0.547. The summed E-state index contributed by atoms with van der Waals surface area (Å²) >= 11 is 7.69. The summed E-state index contributed by atoms with van der Waals surface area (Å²) < 4.78 is 4.94. The summed E-state index contributed by atoms with van der Waals surface area (Å²) in [6.07, 6.45) is 2.51. The van der Waals surface area contributed by atoms with E-state index >= 15 is 0 Å². The van der Waals surface area contributed by atoms with Crippen LogP contribution < -0.4 is 4.90 Å². The van der Waals surface area contributed by atoms with E-state index in [1.807, 2.05) is 16.0 Å². The highest BCUT2D eigenvalue weighted by molar-refractivity contribution is 7.71. The summed E-state index contributed by atoms with van der Waals surface area (Å²) in [5.74, 6) is 0. The minimum Gasteiger partial charge on any atom is -0.309 e. The van der Waals surface area contributed by atoms with Crippen LogP contribution in [0.5, 0.6) is 0 Å². The average molecular weight is 382 g/mol. The molecular formula is C20H21N4S2+. The maximum atomic E-state index is 5.82. The summed E-state index contributed by atoms with van der Waals surface area (Å²) in [6.45, 7) is 4.15. The van der Waals surface area contributed by atoms with Crippen molar-refractivity contribution in [1.82, 2.24) is 14.2 Å². The molecule has 4 nitrogen and oxygen atoms in total. The second-order valence-electron chi connectivity index (χ2n) is 7.10. The van der Waals surface area contributed by atoms with Crippen LogP contribution in [0, 0.1) is 11.7 Å². The lowest BCUT2D eigenvalue weighted by molar-refractivity contribution is -0.941. The second kappa shape index (κ2) is 6.30. The third-order valence-electron chi connectivity index (χ3n) is 5.50. The number of aromatic nitrogens is 3. The number of nitrogens with one attached hydrogen (secondary N) is 1. The number of aryl methyl sites for hydroxylation is 1. The van der Waals surface area contributed by atoms with Crippen LogP contribution in [-0.4, -0.2) is 20.7 Å². The minimum absolute atomic E-state index is 0.570. The van der Waals surface area contributed by atoms with E-state index in [1.54, 1.807) is 4.90 Å². The summed E-state index contributed by atoms with van der Waals surface area (Å²) in [5.41, 5.74) is 3.33. The third kappa shape index (κ3) is 2.52. The molecule has 1 N–H and O–H groups in total. The van der Waals surface area contributed by atoms with E-state index in [4.69, 9.17) is 17.3 Å². The van der Waals surface area contributed by atoms with Gasteiger partial charge in [0.2, 0.25) is 4.77 Å². The number of fused-ring (bicyclic) bond motifs is 3. The number of quaternary nitrogens is 1. The molecule has 0 amide bonds. The fraction of sp³-hybridized carbons (Fsp3) is 0.300. The first-order chi connectivity index (χ1) is 12.7. The van der Waals surface area contributed by atoms with Crippen LogP contribution in [0.2, 0.25) is 0 Å². The van der Waals surface area contributed by atoms with Gasteiger partial charge in [0.1, 0.15) is 6.04 Å². The average Bonchev–Trinajstić information content (AvgIpc) is 3.37. The van der Waals surface area contributed by atoms with Crippen LogP contribution in [0.15, 0.2) is 47.8 Å². The van der Waals surface area contributed by atoms with Crippen molar-refractivity contribution in [3.63, 3.8) is 0 Å². The Balaban J connectivity index is 1.59. The number of thiophene rings is 1. The number of pyridine rings is 1. The summed E-state index contributed by atoms with van der Waals surface area (Å²) in [7, 11) is 0. The molecule has 5 rings (SSSR count). The molecule has 132 valence electrons. The van der Waals surface area contributed by atoms with Crippen LogP contribution >= 0.6 is 23.6 Å². The molecule has 3 aromatic heterocycles. The second-order valence-corrected chi connectivity index (χ2v) is 8.44. The first-order valence-corrected chi connectivity index (χ1v) is 10.4. The van der Waals surface area contributed by atoms with Crippen molar-refractivity contribution in [2.24, 2.45) is 0 Å². The topological polar surface area (TPSA) is 26.7 Å². The maximum Gasteiger partial charge on any atom is 0.207 e. The van der Waals surface area contributed by atoms with E-state index < -0.39 is 0 Å². The molecule has 0 saturated carbocycles. The highest BCUT2D eigenvalue weighted by Gasteiger charge is 2.31. The van der Waals surface area contributed by atoms with Crippen LogP contribution in [0.25, 0.3) is 16.6 Å². The lowest BCUT2D eigenvalue weighted by Gasteiger charge is -2.20. The molecule has 0 radical (unpaired) electrons. The van der Waals surface area contributed by atoms with Gasteiger partial charge < -0.3 is 4.90 Å². The molecule has 1 aliphatic rings. The Hall–Kier alpha value is -2.02. The van der Waals surface area contributed by atoms with Crippen LogP contribution in [0.4, 0.5) is 0 Å². The van der Waals surface area contributed by atoms with Crippen LogP contribution in [-0.2, 0) is 6.67 Å². The molecule has 1 fully saturated rings. The number of likely N-dealkylation sites (tertiary alicyclic amines) is 1. The van der Waals surface area contributed by atoms with Gasteiger partial charge in [0.15, 0.2) is 12.3 Å². The smallest absolute Gasteiger partial charge is 0.207 e. The largest absolute Gasteiger partial charge is 0.309 e. The molecule has 4 heterocycles. The lowest BCUT2D eigenvalue weighted by atomic mass is 10.1. The van der Waals surface area contributed by atoms with E-state index in [1.165, 1.54) is 35.2 Å². The zero-order chi connectivity index (χ0) is 17.7. The maximum absolute atomic E-state index is 5.82. The van der Waals surface area contributed by atoms with Gasteiger partial charge in [0.25, 0.3) is 0 Å². The lowest BCUT2D eigenvalue weighted by Crippen LogP contribution is -3.09. The van der Waals surface area contributed by atoms with E-state index in [9.17, 15) is 0 Å². The Morgan fingerprint density at radius 2 is 2.15 bits per heavy atom. The molecular weight excluding hydrogens is 360 g/mol. The Kier molecular flexibility index (Phi) is 3.92. The van der Waals surface area contributed by atoms with Crippen molar-refractivity contribution < 1.29 is 4.90 Å². The SMILES string of the molecule is Cc1cc2nn(C[NH+]3CCC[C@@H]3c3cccs3)c(=S)n2c2ccccc12. The molecule has 1 saturated heterocycles. The van der Waals surface area contributed by atoms with Gasteiger partial charge in [-0.15, -0.1) is 16.4 Å². The zero-order valence-corrected chi connectivity index (χ0v) is 16.3. The third-order valence-corrected chi connectivity index (χ3v) is 6.88. The van der Waals surface area contributed by atoms with Crippen molar-refractivity contribution in [1.29, 1.82) is 0 Å². The number of nitrogens with zero attached hydrogens (tertiary/aromatic N) is 3. The predicted octanol–water partition coefficient (Wildman–Crippen LogP) is 3.77. The summed E-state index contributed by atoms with van der Waals surface area (Å²) in [4.78, 5) is 3.04. The summed E-state index contributed by atoms with van der Waals surface area (Å²) in [5, 5.41) is 8.27. The molecule has 0 aliphatic carbocycles. The molecule has 0 spiro atoms. The minimum atomic E-state index is 0.570. The van der Waals surface area contributed by atoms with Crippen molar-refractivity contribution in [3.05, 3.63) is 63.1 Å². The van der Waals surface area contributed by atoms with Gasteiger partial charge in [-0.25, -0.2) is 0 Å². The molecule has 26 heavy (non-hydrogen) atoms. The van der Waals surface area contributed by atoms with Crippen molar-refractivity contribution >= 4 is 40.1 Å². The Labute approximate surface area is 161 Å². The van der Waals surface area contributed by atoms with Crippen LogP contribution in [0.1, 0.15) is 29.3 Å². The molecule has 1 unspecified atom stereocenters. The highest BCUT2D eigenvalue weighted by atomic mass is 32.1. The van der Waals surface area contributed by atoms with Gasteiger partial charge >= 0.3 is 0 Å². The molecule has 1 aromatic carbocycles. The molecule has 1 aliphatic heterocycles. The zero-order valence-electron chi connectivity index (χ0n) is 14.7. The van der Waals surface area contributed by atoms with Gasteiger partial charge in [-0.05, 0) is 48.3 Å². The number of benzene rings is 1. The van der Waals surface area contributed by atoms with Gasteiger partial charge in [0, 0.05) is 18.2 Å². The Morgan fingerprint density at radius 1 is 1.27 bits per heavy atom. The fourth-order valence-electron chi connectivity index (χ4n) is 4.25. The van der Waals surface area contributed by atoms with Crippen LogP contribution in [0.3, 0.4) is 0 Å². The summed E-state index contributed by atoms with van der Waals surface area (Å²) in [6, 6.07) is 15.6. The van der Waals surface area contributed by atoms with E-state index in [0.717, 1.165) is 22.6 Å². The number of hydrogen-bond donors (Lipinski definition) is 1. The van der Waals surface area contributed by atoms with Crippen molar-refractivity contribution in [3.8, 4) is 0 Å². The number of hydrogen-bond acceptors (Lipinski definition) is 3. The normalized spacial score (nSPS) is 20.3. The van der Waals surface area contributed by atoms with E-state index in [2.05, 4.69) is 59.2 Å². The first-order valence-electron chi connectivity index (χ1n) is 9.08. The fourth-order valence-corrected chi connectivity index (χ4v) is 5.46. The Morgan fingerprint density at radius 3 is 3.00 bits per heavy atom. The van der Waals surface area contributed by atoms with Gasteiger partial charge in [-0.3, -0.25) is 4.40 Å². The Bertz CT molecular complexity index is 1140. The van der Waals surface area contributed by atoms with Gasteiger partial charge in [-0.1, -0.05) is 24.3 Å². The molecule has 6 heteroatoms. The first kappa shape index (κ1) is 16.2. The standard InChI is InChI=1S/C20H20N4S2/c1-14-12-19-21-23(20(25)24(19)16-7-3-2-6-15(14)16)13-22-10-4-8-17(22)18-9-5-11-26-18/h2-3,5-7,9,11-12,17H,4,8,10,13H2,1H3/p+1/t17-/m1/s1. The molecule has 0 bridgehead atoms.